The van der Waals surface area contributed by atoms with E-state index in [-0.39, 0.29) is 0 Å². The van der Waals surface area contributed by atoms with Gasteiger partial charge in [0.2, 0.25) is 0 Å². The van der Waals surface area contributed by atoms with Gasteiger partial charge in [0.15, 0.2) is 0 Å². The van der Waals surface area contributed by atoms with Gasteiger partial charge in [-0.2, -0.15) is 0 Å². The standard InChI is InChI=1S/C22H18O2S/c1-17(22(23)24-20-12-6-3-7-13-20)19-11-8-14-21(15-19)25-16-18-9-4-2-5-10-18/h2-15H,1,16H2. The molecular weight excluding hydrogens is 328 g/mol. The average molecular weight is 346 g/mol. The molecule has 3 rings (SSSR count). The zero-order chi connectivity index (χ0) is 17.5. The van der Waals surface area contributed by atoms with Gasteiger partial charge >= 0.3 is 5.97 Å². The van der Waals surface area contributed by atoms with Gasteiger partial charge in [0.05, 0.1) is 5.57 Å². The number of hydrogen-bond donors (Lipinski definition) is 0. The van der Waals surface area contributed by atoms with Gasteiger partial charge in [-0.3, -0.25) is 0 Å². The second-order valence-electron chi connectivity index (χ2n) is 5.48. The van der Waals surface area contributed by atoms with E-state index in [1.165, 1.54) is 5.56 Å². The van der Waals surface area contributed by atoms with Gasteiger partial charge in [-0.25, -0.2) is 4.79 Å². The topological polar surface area (TPSA) is 26.3 Å². The van der Waals surface area contributed by atoms with Crippen LogP contribution in [0.5, 0.6) is 5.75 Å². The molecule has 0 heterocycles. The van der Waals surface area contributed by atoms with Crippen molar-refractivity contribution in [2.24, 2.45) is 0 Å². The zero-order valence-corrected chi connectivity index (χ0v) is 14.5. The number of ether oxygens (including phenoxy) is 1. The SMILES string of the molecule is C=C(C(=O)Oc1ccccc1)c1cccc(SCc2ccccc2)c1. The largest absolute Gasteiger partial charge is 0.423 e. The van der Waals surface area contributed by atoms with E-state index in [9.17, 15) is 4.79 Å². The minimum Gasteiger partial charge on any atom is -0.423 e. The summed E-state index contributed by atoms with van der Waals surface area (Å²) >= 11 is 1.73. The van der Waals surface area contributed by atoms with Crippen LogP contribution >= 0.6 is 11.8 Å². The van der Waals surface area contributed by atoms with E-state index in [1.807, 2.05) is 60.7 Å². The molecule has 0 aliphatic carbocycles. The summed E-state index contributed by atoms with van der Waals surface area (Å²) in [5.74, 6) is 0.963. The molecule has 0 unspecified atom stereocenters. The molecule has 0 fully saturated rings. The van der Waals surface area contributed by atoms with Crippen LogP contribution in [0.2, 0.25) is 0 Å². The number of carbonyl (C=O) groups is 1. The molecular formula is C22H18O2S. The second kappa shape index (κ2) is 8.36. The van der Waals surface area contributed by atoms with Crippen LogP contribution in [0.25, 0.3) is 5.57 Å². The van der Waals surface area contributed by atoms with Gasteiger partial charge in [0.25, 0.3) is 0 Å². The van der Waals surface area contributed by atoms with Crippen molar-refractivity contribution in [3.63, 3.8) is 0 Å². The molecule has 0 aliphatic heterocycles. The van der Waals surface area contributed by atoms with Crippen LogP contribution in [0.1, 0.15) is 11.1 Å². The normalized spacial score (nSPS) is 10.2. The van der Waals surface area contributed by atoms with Gasteiger partial charge < -0.3 is 4.74 Å². The van der Waals surface area contributed by atoms with Crippen LogP contribution in [0.15, 0.2) is 96.4 Å². The number of para-hydroxylation sites is 1. The van der Waals surface area contributed by atoms with Crippen molar-refractivity contribution in [3.05, 3.63) is 103 Å². The maximum absolute atomic E-state index is 12.3. The molecule has 3 aromatic carbocycles. The quantitative estimate of drug-likeness (QED) is 0.252. The lowest BCUT2D eigenvalue weighted by Crippen LogP contribution is -2.09. The number of hydrogen-bond acceptors (Lipinski definition) is 3. The van der Waals surface area contributed by atoms with Crippen LogP contribution in [0.4, 0.5) is 0 Å². The molecule has 3 aromatic rings. The fourth-order valence-electron chi connectivity index (χ4n) is 2.29. The third-order valence-corrected chi connectivity index (χ3v) is 4.70. The predicted molar refractivity (Wildman–Crippen MR) is 104 cm³/mol. The molecule has 0 aromatic heterocycles. The Morgan fingerprint density at radius 3 is 2.28 bits per heavy atom. The fourth-order valence-corrected chi connectivity index (χ4v) is 3.20. The summed E-state index contributed by atoms with van der Waals surface area (Å²) in [4.78, 5) is 13.4. The van der Waals surface area contributed by atoms with Crippen molar-refractivity contribution in [1.82, 2.24) is 0 Å². The molecule has 0 atom stereocenters. The highest BCUT2D eigenvalue weighted by molar-refractivity contribution is 7.98. The van der Waals surface area contributed by atoms with Crippen LogP contribution in [0, 0.1) is 0 Å². The van der Waals surface area contributed by atoms with E-state index in [0.29, 0.717) is 11.3 Å². The minimum absolute atomic E-state index is 0.353. The Morgan fingerprint density at radius 2 is 1.56 bits per heavy atom. The Labute approximate surface area is 152 Å². The van der Waals surface area contributed by atoms with E-state index in [4.69, 9.17) is 4.74 Å². The predicted octanol–water partition coefficient (Wildman–Crippen LogP) is 5.60. The lowest BCUT2D eigenvalue weighted by Gasteiger charge is -2.08. The fraction of sp³-hybridized carbons (Fsp3) is 0.0455. The summed E-state index contributed by atoms with van der Waals surface area (Å²) in [6.45, 7) is 3.90. The highest BCUT2D eigenvalue weighted by Gasteiger charge is 2.12. The zero-order valence-electron chi connectivity index (χ0n) is 13.7. The lowest BCUT2D eigenvalue weighted by molar-refractivity contribution is -0.127. The Morgan fingerprint density at radius 1 is 0.880 bits per heavy atom. The molecule has 3 heteroatoms. The number of thioether (sulfide) groups is 1. The first-order valence-electron chi connectivity index (χ1n) is 7.96. The van der Waals surface area contributed by atoms with Gasteiger partial charge in [-0.15, -0.1) is 11.8 Å². The average Bonchev–Trinajstić information content (AvgIpc) is 2.67. The first-order chi connectivity index (χ1) is 12.2. The maximum atomic E-state index is 12.3. The highest BCUT2D eigenvalue weighted by Crippen LogP contribution is 2.26. The summed E-state index contributed by atoms with van der Waals surface area (Å²) in [6.07, 6.45) is 0. The third kappa shape index (κ3) is 4.85. The van der Waals surface area contributed by atoms with Crippen LogP contribution in [-0.4, -0.2) is 5.97 Å². The molecule has 0 bridgehead atoms. The highest BCUT2D eigenvalue weighted by atomic mass is 32.2. The molecule has 2 nitrogen and oxygen atoms in total. The molecule has 25 heavy (non-hydrogen) atoms. The Kier molecular flexibility index (Phi) is 5.70. The van der Waals surface area contributed by atoms with Gasteiger partial charge in [0.1, 0.15) is 5.75 Å². The van der Waals surface area contributed by atoms with E-state index in [1.54, 1.807) is 23.9 Å². The number of carbonyl (C=O) groups excluding carboxylic acids is 1. The summed E-state index contributed by atoms with van der Waals surface area (Å²) in [6, 6.07) is 27.1. The molecule has 0 aliphatic rings. The van der Waals surface area contributed by atoms with Crippen molar-refractivity contribution in [2.45, 2.75) is 10.6 Å². The van der Waals surface area contributed by atoms with E-state index < -0.39 is 5.97 Å². The summed E-state index contributed by atoms with van der Waals surface area (Å²) in [5.41, 5.74) is 2.39. The number of rotatable bonds is 6. The van der Waals surface area contributed by atoms with Crippen LogP contribution in [-0.2, 0) is 10.5 Å². The number of benzene rings is 3. The van der Waals surface area contributed by atoms with Gasteiger partial charge in [-0.1, -0.05) is 67.2 Å². The minimum atomic E-state index is -0.434. The molecule has 0 spiro atoms. The first kappa shape index (κ1) is 17.1. The summed E-state index contributed by atoms with van der Waals surface area (Å²) in [5, 5.41) is 0. The van der Waals surface area contributed by atoms with Crippen molar-refractivity contribution in [2.75, 3.05) is 0 Å². The molecule has 0 N–H and O–H groups in total. The van der Waals surface area contributed by atoms with Crippen molar-refractivity contribution < 1.29 is 9.53 Å². The molecule has 0 saturated heterocycles. The number of esters is 1. The third-order valence-electron chi connectivity index (χ3n) is 3.63. The molecule has 124 valence electrons. The smallest absolute Gasteiger partial charge is 0.343 e. The lowest BCUT2D eigenvalue weighted by atomic mass is 10.1. The Balaban J connectivity index is 1.66. The molecule has 0 radical (unpaired) electrons. The maximum Gasteiger partial charge on any atom is 0.343 e. The van der Waals surface area contributed by atoms with E-state index in [0.717, 1.165) is 16.2 Å². The van der Waals surface area contributed by atoms with Crippen molar-refractivity contribution in [1.29, 1.82) is 0 Å². The van der Waals surface area contributed by atoms with Crippen LogP contribution < -0.4 is 4.74 Å². The van der Waals surface area contributed by atoms with Gasteiger partial charge in [-0.05, 0) is 35.4 Å². The Bertz CT molecular complexity index is 857. The summed E-state index contributed by atoms with van der Waals surface area (Å²) in [7, 11) is 0. The first-order valence-corrected chi connectivity index (χ1v) is 8.94. The van der Waals surface area contributed by atoms with E-state index >= 15 is 0 Å². The van der Waals surface area contributed by atoms with Gasteiger partial charge in [0, 0.05) is 10.6 Å². The van der Waals surface area contributed by atoms with Crippen molar-refractivity contribution >= 4 is 23.3 Å². The summed E-state index contributed by atoms with van der Waals surface area (Å²) < 4.78 is 5.35. The second-order valence-corrected chi connectivity index (χ2v) is 6.53. The Hall–Kier alpha value is -2.78. The molecule has 0 amide bonds. The van der Waals surface area contributed by atoms with E-state index in [2.05, 4.69) is 18.7 Å². The van der Waals surface area contributed by atoms with Crippen molar-refractivity contribution in [3.8, 4) is 5.75 Å². The molecule has 0 saturated carbocycles. The van der Waals surface area contributed by atoms with Crippen LogP contribution in [0.3, 0.4) is 0 Å². The monoisotopic (exact) mass is 346 g/mol.